The smallest absolute Gasteiger partial charge is 0.287 e. The molecule has 0 radical (unpaired) electrons. The van der Waals surface area contributed by atoms with E-state index >= 15 is 0 Å². The number of benzene rings is 1. The second-order valence-corrected chi connectivity index (χ2v) is 7.34. The van der Waals surface area contributed by atoms with Crippen molar-refractivity contribution in [2.24, 2.45) is 0 Å². The van der Waals surface area contributed by atoms with E-state index in [1.54, 1.807) is 18.5 Å². The fourth-order valence-electron chi connectivity index (χ4n) is 4.05. The third-order valence-electron chi connectivity index (χ3n) is 5.47. The van der Waals surface area contributed by atoms with Crippen molar-refractivity contribution in [2.75, 3.05) is 6.54 Å². The van der Waals surface area contributed by atoms with Crippen LogP contribution >= 0.6 is 0 Å². The summed E-state index contributed by atoms with van der Waals surface area (Å²) >= 11 is 0. The third-order valence-corrected chi connectivity index (χ3v) is 5.47. The first-order valence-electron chi connectivity index (χ1n) is 10.1. The quantitative estimate of drug-likeness (QED) is 0.563. The lowest BCUT2D eigenvalue weighted by Gasteiger charge is -2.14. The Labute approximate surface area is 168 Å². The first-order valence-corrected chi connectivity index (χ1v) is 10.1. The molecule has 1 amide bonds. The Morgan fingerprint density at radius 3 is 2.79 bits per heavy atom. The number of carbonyl (C=O) groups is 1. The minimum absolute atomic E-state index is 0.198. The van der Waals surface area contributed by atoms with Crippen LogP contribution in [0.3, 0.4) is 0 Å². The van der Waals surface area contributed by atoms with E-state index in [0.717, 1.165) is 35.1 Å². The Morgan fingerprint density at radius 2 is 1.93 bits per heavy atom. The molecular formula is C23H22N4O2. The fraction of sp³-hybridized carbons (Fsp3) is 0.261. The second kappa shape index (κ2) is 7.54. The molecule has 29 heavy (non-hydrogen) atoms. The summed E-state index contributed by atoms with van der Waals surface area (Å²) in [4.78, 5) is 16.6. The number of rotatable bonds is 5. The van der Waals surface area contributed by atoms with E-state index in [9.17, 15) is 4.79 Å². The van der Waals surface area contributed by atoms with Crippen LogP contribution in [-0.4, -0.2) is 27.2 Å². The summed E-state index contributed by atoms with van der Waals surface area (Å²) in [5, 5.41) is 8.77. The molecule has 0 fully saturated rings. The summed E-state index contributed by atoms with van der Waals surface area (Å²) in [6.07, 6.45) is 8.07. The van der Waals surface area contributed by atoms with Crippen LogP contribution in [0.15, 0.2) is 59.3 Å². The standard InChI is InChI=1S/C23H22N4O2/c28-23(21-15-17-5-1-4-8-20(17)29-21)25-13-14-27-19-7-3-2-6-18(19)22(26-27)16-9-11-24-12-10-16/h1,4-5,8-12,15H,2-3,6-7,13-14H2,(H,25,28). The lowest BCUT2D eigenvalue weighted by atomic mass is 9.94. The van der Waals surface area contributed by atoms with E-state index in [-0.39, 0.29) is 5.91 Å². The van der Waals surface area contributed by atoms with Crippen LogP contribution in [0, 0.1) is 0 Å². The third kappa shape index (κ3) is 3.42. The van der Waals surface area contributed by atoms with Gasteiger partial charge in [-0.05, 0) is 49.9 Å². The molecule has 1 aliphatic carbocycles. The number of hydrogen-bond acceptors (Lipinski definition) is 4. The molecule has 0 aliphatic heterocycles. The van der Waals surface area contributed by atoms with Crippen molar-refractivity contribution in [1.82, 2.24) is 20.1 Å². The zero-order valence-electron chi connectivity index (χ0n) is 16.1. The van der Waals surface area contributed by atoms with Crippen molar-refractivity contribution in [1.29, 1.82) is 0 Å². The van der Waals surface area contributed by atoms with Gasteiger partial charge in [0.1, 0.15) is 5.58 Å². The van der Waals surface area contributed by atoms with Crippen molar-refractivity contribution in [3.05, 3.63) is 71.9 Å². The van der Waals surface area contributed by atoms with E-state index in [1.807, 2.05) is 36.4 Å². The van der Waals surface area contributed by atoms with Crippen LogP contribution < -0.4 is 5.32 Å². The molecule has 0 saturated heterocycles. The number of nitrogens with one attached hydrogen (secondary N) is 1. The average Bonchev–Trinajstić information content (AvgIpc) is 3.36. The van der Waals surface area contributed by atoms with Gasteiger partial charge in [-0.2, -0.15) is 5.10 Å². The Balaban J connectivity index is 1.32. The van der Waals surface area contributed by atoms with Gasteiger partial charge in [0.15, 0.2) is 5.76 Å². The molecule has 5 rings (SSSR count). The molecule has 0 unspecified atom stereocenters. The van der Waals surface area contributed by atoms with Gasteiger partial charge in [0, 0.05) is 41.1 Å². The van der Waals surface area contributed by atoms with Crippen LogP contribution in [0.4, 0.5) is 0 Å². The molecule has 0 bridgehead atoms. The molecule has 6 nitrogen and oxygen atoms in total. The summed E-state index contributed by atoms with van der Waals surface area (Å²) < 4.78 is 7.70. The maximum atomic E-state index is 12.5. The number of fused-ring (bicyclic) bond motifs is 2. The van der Waals surface area contributed by atoms with Gasteiger partial charge in [-0.25, -0.2) is 0 Å². The van der Waals surface area contributed by atoms with Gasteiger partial charge in [0.25, 0.3) is 5.91 Å². The van der Waals surface area contributed by atoms with Gasteiger partial charge >= 0.3 is 0 Å². The number of carbonyl (C=O) groups excluding carboxylic acids is 1. The van der Waals surface area contributed by atoms with Crippen molar-refractivity contribution in [3.8, 4) is 11.3 Å². The van der Waals surface area contributed by atoms with Gasteiger partial charge in [0.05, 0.1) is 12.2 Å². The Bertz CT molecular complexity index is 1130. The van der Waals surface area contributed by atoms with Crippen molar-refractivity contribution >= 4 is 16.9 Å². The fourth-order valence-corrected chi connectivity index (χ4v) is 4.05. The summed E-state index contributed by atoms with van der Waals surface area (Å²) in [5.41, 5.74) is 5.50. The minimum Gasteiger partial charge on any atom is -0.451 e. The van der Waals surface area contributed by atoms with Crippen LogP contribution in [0.1, 0.15) is 34.7 Å². The molecule has 146 valence electrons. The normalized spacial score (nSPS) is 13.4. The van der Waals surface area contributed by atoms with Crippen LogP contribution in [0.25, 0.3) is 22.2 Å². The van der Waals surface area contributed by atoms with Crippen LogP contribution in [-0.2, 0) is 19.4 Å². The monoisotopic (exact) mass is 386 g/mol. The highest BCUT2D eigenvalue weighted by Gasteiger charge is 2.21. The molecule has 3 heterocycles. The lowest BCUT2D eigenvalue weighted by Crippen LogP contribution is -2.27. The highest BCUT2D eigenvalue weighted by Crippen LogP contribution is 2.30. The van der Waals surface area contributed by atoms with Crippen molar-refractivity contribution < 1.29 is 9.21 Å². The highest BCUT2D eigenvalue weighted by atomic mass is 16.3. The zero-order valence-corrected chi connectivity index (χ0v) is 16.1. The Kier molecular flexibility index (Phi) is 4.60. The summed E-state index contributed by atoms with van der Waals surface area (Å²) in [6.45, 7) is 1.14. The maximum Gasteiger partial charge on any atom is 0.287 e. The summed E-state index contributed by atoms with van der Waals surface area (Å²) in [6, 6.07) is 13.4. The molecule has 4 aromatic rings. The molecule has 0 spiro atoms. The van der Waals surface area contributed by atoms with Crippen molar-refractivity contribution in [2.45, 2.75) is 32.2 Å². The predicted octanol–water partition coefficient (Wildman–Crippen LogP) is 4.00. The molecule has 6 heteroatoms. The van der Waals surface area contributed by atoms with Crippen LogP contribution in [0.5, 0.6) is 0 Å². The van der Waals surface area contributed by atoms with E-state index < -0.39 is 0 Å². The number of hydrogen-bond donors (Lipinski definition) is 1. The summed E-state index contributed by atoms with van der Waals surface area (Å²) in [5.74, 6) is 0.141. The average molecular weight is 386 g/mol. The largest absolute Gasteiger partial charge is 0.451 e. The number of para-hydroxylation sites is 1. The number of aromatic nitrogens is 3. The molecule has 0 atom stereocenters. The number of pyridine rings is 1. The zero-order chi connectivity index (χ0) is 19.6. The van der Waals surface area contributed by atoms with Gasteiger partial charge in [-0.3, -0.25) is 14.5 Å². The number of amides is 1. The molecular weight excluding hydrogens is 364 g/mol. The molecule has 1 aromatic carbocycles. The lowest BCUT2D eigenvalue weighted by molar-refractivity contribution is 0.0926. The summed E-state index contributed by atoms with van der Waals surface area (Å²) in [7, 11) is 0. The molecule has 1 aliphatic rings. The van der Waals surface area contributed by atoms with Crippen molar-refractivity contribution in [3.63, 3.8) is 0 Å². The number of furan rings is 1. The second-order valence-electron chi connectivity index (χ2n) is 7.34. The molecule has 1 N–H and O–H groups in total. The van der Waals surface area contributed by atoms with Crippen LogP contribution in [0.2, 0.25) is 0 Å². The van der Waals surface area contributed by atoms with E-state index in [1.165, 1.54) is 24.1 Å². The predicted molar refractivity (Wildman–Crippen MR) is 111 cm³/mol. The van der Waals surface area contributed by atoms with E-state index in [0.29, 0.717) is 18.8 Å². The topological polar surface area (TPSA) is 73.0 Å². The Hall–Kier alpha value is -3.41. The van der Waals surface area contributed by atoms with Gasteiger partial charge < -0.3 is 9.73 Å². The van der Waals surface area contributed by atoms with E-state index in [4.69, 9.17) is 9.52 Å². The SMILES string of the molecule is O=C(NCCn1nc(-c2ccncc2)c2c1CCCC2)c1cc2ccccc2o1. The molecule has 0 saturated carbocycles. The Morgan fingerprint density at radius 1 is 1.10 bits per heavy atom. The molecule has 3 aromatic heterocycles. The van der Waals surface area contributed by atoms with Gasteiger partial charge in [-0.15, -0.1) is 0 Å². The minimum atomic E-state index is -0.198. The van der Waals surface area contributed by atoms with E-state index in [2.05, 4.69) is 15.0 Å². The highest BCUT2D eigenvalue weighted by molar-refractivity contribution is 5.96. The first-order chi connectivity index (χ1) is 14.3. The first kappa shape index (κ1) is 17.7. The number of nitrogens with zero attached hydrogens (tertiary/aromatic N) is 3. The van der Waals surface area contributed by atoms with Gasteiger partial charge in [-0.1, -0.05) is 18.2 Å². The maximum absolute atomic E-state index is 12.5. The van der Waals surface area contributed by atoms with Gasteiger partial charge in [0.2, 0.25) is 0 Å².